The summed E-state index contributed by atoms with van der Waals surface area (Å²) in [4.78, 5) is 7.90. The average Bonchev–Trinajstić information content (AvgIpc) is 2.90. The highest BCUT2D eigenvalue weighted by Crippen LogP contribution is 2.22. The minimum Gasteiger partial charge on any atom is -0.383 e. The molecule has 20 heavy (non-hydrogen) atoms. The van der Waals surface area contributed by atoms with Crippen LogP contribution in [0.3, 0.4) is 0 Å². The van der Waals surface area contributed by atoms with Gasteiger partial charge in [0.1, 0.15) is 18.0 Å². The quantitative estimate of drug-likeness (QED) is 0.790. The van der Waals surface area contributed by atoms with Crippen LogP contribution in [0.2, 0.25) is 0 Å². The number of nitrogens with two attached hydrogens (primary N) is 1. The van der Waals surface area contributed by atoms with Gasteiger partial charge in [-0.3, -0.25) is 4.68 Å². The molecule has 0 radical (unpaired) electrons. The number of aromatic nitrogens is 4. The Hall–Kier alpha value is -2.76. The maximum atomic E-state index is 12.8. The summed E-state index contributed by atoms with van der Waals surface area (Å²) >= 11 is 0. The van der Waals surface area contributed by atoms with E-state index in [1.54, 1.807) is 29.2 Å². The first-order chi connectivity index (χ1) is 9.72. The largest absolute Gasteiger partial charge is 0.383 e. The van der Waals surface area contributed by atoms with Crippen molar-refractivity contribution in [1.82, 2.24) is 19.7 Å². The number of hydrogen-bond donors (Lipinski definition) is 1. The summed E-state index contributed by atoms with van der Waals surface area (Å²) in [5, 5.41) is 4.26. The Balaban J connectivity index is 1.84. The van der Waals surface area contributed by atoms with Gasteiger partial charge in [0.05, 0.1) is 12.7 Å². The summed E-state index contributed by atoms with van der Waals surface area (Å²) in [5.41, 5.74) is 8.37. The number of nitrogens with zero attached hydrogens (tertiary/aromatic N) is 4. The van der Waals surface area contributed by atoms with Gasteiger partial charge < -0.3 is 5.73 Å². The van der Waals surface area contributed by atoms with E-state index in [4.69, 9.17) is 5.73 Å². The summed E-state index contributed by atoms with van der Waals surface area (Å²) in [7, 11) is 0. The average molecular weight is 269 g/mol. The fourth-order valence-electron chi connectivity index (χ4n) is 1.93. The van der Waals surface area contributed by atoms with E-state index in [2.05, 4.69) is 15.1 Å². The highest BCUT2D eigenvalue weighted by Gasteiger charge is 2.06. The SMILES string of the molecule is Nc1ncncc1-c1cnn(Cc2ccc(F)cc2)c1. The normalized spacial score (nSPS) is 10.7. The molecule has 0 aliphatic carbocycles. The fraction of sp³-hybridized carbons (Fsp3) is 0.0714. The second kappa shape index (κ2) is 5.08. The van der Waals surface area contributed by atoms with Gasteiger partial charge in [-0.25, -0.2) is 14.4 Å². The van der Waals surface area contributed by atoms with Crippen molar-refractivity contribution in [3.63, 3.8) is 0 Å². The third kappa shape index (κ3) is 2.49. The molecule has 2 aromatic heterocycles. The second-order valence-corrected chi connectivity index (χ2v) is 4.37. The van der Waals surface area contributed by atoms with Crippen LogP contribution in [0.4, 0.5) is 10.2 Å². The molecule has 0 unspecified atom stereocenters. The van der Waals surface area contributed by atoms with Crippen LogP contribution in [0, 0.1) is 5.82 Å². The molecule has 100 valence electrons. The van der Waals surface area contributed by atoms with E-state index >= 15 is 0 Å². The van der Waals surface area contributed by atoms with E-state index in [0.29, 0.717) is 12.4 Å². The molecule has 3 rings (SSSR count). The Kier molecular flexibility index (Phi) is 3.12. The maximum absolute atomic E-state index is 12.8. The fourth-order valence-corrected chi connectivity index (χ4v) is 1.93. The van der Waals surface area contributed by atoms with Crippen molar-refractivity contribution in [1.29, 1.82) is 0 Å². The number of hydrogen-bond acceptors (Lipinski definition) is 4. The third-order valence-corrected chi connectivity index (χ3v) is 2.95. The first-order valence-corrected chi connectivity index (χ1v) is 6.05. The van der Waals surface area contributed by atoms with E-state index in [9.17, 15) is 4.39 Å². The topological polar surface area (TPSA) is 69.6 Å². The molecular formula is C14H12FN5. The lowest BCUT2D eigenvalue weighted by Crippen LogP contribution is -1.99. The monoisotopic (exact) mass is 269 g/mol. The van der Waals surface area contributed by atoms with Gasteiger partial charge in [-0.05, 0) is 17.7 Å². The molecule has 1 aromatic carbocycles. The van der Waals surface area contributed by atoms with Gasteiger partial charge in [0.2, 0.25) is 0 Å². The predicted octanol–water partition coefficient (Wildman–Crippen LogP) is 2.11. The van der Waals surface area contributed by atoms with Crippen molar-refractivity contribution < 1.29 is 4.39 Å². The number of halogens is 1. The molecule has 5 nitrogen and oxygen atoms in total. The van der Waals surface area contributed by atoms with Gasteiger partial charge in [-0.1, -0.05) is 12.1 Å². The van der Waals surface area contributed by atoms with Crippen LogP contribution in [-0.4, -0.2) is 19.7 Å². The van der Waals surface area contributed by atoms with Crippen LogP contribution >= 0.6 is 0 Å². The Bertz CT molecular complexity index is 720. The Morgan fingerprint density at radius 3 is 2.70 bits per heavy atom. The lowest BCUT2D eigenvalue weighted by Gasteiger charge is -2.02. The van der Waals surface area contributed by atoms with Gasteiger partial charge in [0.25, 0.3) is 0 Å². The van der Waals surface area contributed by atoms with Crippen molar-refractivity contribution in [2.75, 3.05) is 5.73 Å². The number of rotatable bonds is 3. The summed E-state index contributed by atoms with van der Waals surface area (Å²) in [6.45, 7) is 0.563. The van der Waals surface area contributed by atoms with E-state index in [1.807, 2.05) is 6.20 Å². The maximum Gasteiger partial charge on any atom is 0.134 e. The second-order valence-electron chi connectivity index (χ2n) is 4.37. The van der Waals surface area contributed by atoms with Crippen molar-refractivity contribution in [3.05, 3.63) is 60.6 Å². The minimum atomic E-state index is -0.246. The van der Waals surface area contributed by atoms with Crippen LogP contribution in [0.15, 0.2) is 49.2 Å². The van der Waals surface area contributed by atoms with Gasteiger partial charge in [0.15, 0.2) is 0 Å². The first kappa shape index (κ1) is 12.3. The summed E-state index contributed by atoms with van der Waals surface area (Å²) < 4.78 is 14.6. The number of nitrogen functional groups attached to an aromatic ring is 1. The Morgan fingerprint density at radius 2 is 1.95 bits per heavy atom. The van der Waals surface area contributed by atoms with Crippen LogP contribution in [0.1, 0.15) is 5.56 Å². The molecule has 3 aromatic rings. The van der Waals surface area contributed by atoms with E-state index < -0.39 is 0 Å². The molecule has 0 bridgehead atoms. The molecule has 2 heterocycles. The summed E-state index contributed by atoms with van der Waals surface area (Å²) in [5.74, 6) is 0.172. The predicted molar refractivity (Wildman–Crippen MR) is 73.2 cm³/mol. The zero-order valence-corrected chi connectivity index (χ0v) is 10.6. The molecule has 0 spiro atoms. The van der Waals surface area contributed by atoms with E-state index in [-0.39, 0.29) is 5.82 Å². The highest BCUT2D eigenvalue weighted by molar-refractivity contribution is 5.71. The van der Waals surface area contributed by atoms with Crippen molar-refractivity contribution in [2.45, 2.75) is 6.54 Å². The first-order valence-electron chi connectivity index (χ1n) is 6.05. The lowest BCUT2D eigenvalue weighted by molar-refractivity contribution is 0.624. The van der Waals surface area contributed by atoms with Crippen LogP contribution < -0.4 is 5.73 Å². The van der Waals surface area contributed by atoms with Crippen molar-refractivity contribution in [2.24, 2.45) is 0 Å². The number of benzene rings is 1. The summed E-state index contributed by atoms with van der Waals surface area (Å²) in [6.07, 6.45) is 6.63. The zero-order chi connectivity index (χ0) is 13.9. The number of anilines is 1. The van der Waals surface area contributed by atoms with Gasteiger partial charge in [0, 0.05) is 23.5 Å². The molecule has 6 heteroatoms. The van der Waals surface area contributed by atoms with Crippen molar-refractivity contribution in [3.8, 4) is 11.1 Å². The van der Waals surface area contributed by atoms with E-state index in [0.717, 1.165) is 16.7 Å². The van der Waals surface area contributed by atoms with Gasteiger partial charge >= 0.3 is 0 Å². The standard InChI is InChI=1S/C14H12FN5/c15-12-3-1-10(2-4-12)7-20-8-11(5-19-20)13-6-17-9-18-14(13)16/h1-6,8-9H,7H2,(H2,16,17,18). The molecule has 0 saturated heterocycles. The van der Waals surface area contributed by atoms with Crippen LogP contribution in [-0.2, 0) is 6.54 Å². The smallest absolute Gasteiger partial charge is 0.134 e. The molecule has 0 atom stereocenters. The van der Waals surface area contributed by atoms with Crippen LogP contribution in [0.5, 0.6) is 0 Å². The van der Waals surface area contributed by atoms with Gasteiger partial charge in [-0.15, -0.1) is 0 Å². The molecule has 0 fully saturated rings. The molecule has 0 aliphatic rings. The molecule has 0 aliphatic heterocycles. The van der Waals surface area contributed by atoms with Gasteiger partial charge in [-0.2, -0.15) is 5.10 Å². The summed E-state index contributed by atoms with van der Waals surface area (Å²) in [6, 6.07) is 6.33. The minimum absolute atomic E-state index is 0.246. The lowest BCUT2D eigenvalue weighted by atomic mass is 10.2. The Morgan fingerprint density at radius 1 is 1.15 bits per heavy atom. The third-order valence-electron chi connectivity index (χ3n) is 2.95. The van der Waals surface area contributed by atoms with E-state index in [1.165, 1.54) is 18.5 Å². The van der Waals surface area contributed by atoms with Crippen molar-refractivity contribution >= 4 is 5.82 Å². The molecule has 2 N–H and O–H groups in total. The highest BCUT2D eigenvalue weighted by atomic mass is 19.1. The Labute approximate surface area is 114 Å². The molecular weight excluding hydrogens is 257 g/mol. The zero-order valence-electron chi connectivity index (χ0n) is 10.6. The van der Waals surface area contributed by atoms with Crippen LogP contribution in [0.25, 0.3) is 11.1 Å². The molecule has 0 amide bonds. The molecule has 0 saturated carbocycles.